The van der Waals surface area contributed by atoms with E-state index in [-0.39, 0.29) is 24.1 Å². The second-order valence-corrected chi connectivity index (χ2v) is 7.32. The van der Waals surface area contributed by atoms with Crippen molar-refractivity contribution in [2.75, 3.05) is 7.11 Å². The predicted octanol–water partition coefficient (Wildman–Crippen LogP) is 4.15. The molecule has 0 aliphatic carbocycles. The average Bonchev–Trinajstić information content (AvgIpc) is 3.25. The molecule has 3 aromatic rings. The zero-order chi connectivity index (χ0) is 20.6. The molecule has 1 heterocycles. The van der Waals surface area contributed by atoms with E-state index in [9.17, 15) is 9.59 Å². The Labute approximate surface area is 174 Å². The minimum atomic E-state index is -0.369. The first-order valence-electron chi connectivity index (χ1n) is 9.10. The smallest absolute Gasteiger partial charge is 0.268 e. The van der Waals surface area contributed by atoms with E-state index in [2.05, 4.69) is 10.6 Å². The van der Waals surface area contributed by atoms with Gasteiger partial charge in [0.05, 0.1) is 7.11 Å². The van der Waals surface area contributed by atoms with Gasteiger partial charge in [-0.25, -0.2) is 0 Å². The van der Waals surface area contributed by atoms with Gasteiger partial charge in [0.25, 0.3) is 11.8 Å². The van der Waals surface area contributed by atoms with Gasteiger partial charge < -0.3 is 15.4 Å². The molecule has 3 rings (SSSR count). The minimum Gasteiger partial charge on any atom is -0.496 e. The van der Waals surface area contributed by atoms with Crippen molar-refractivity contribution < 1.29 is 14.3 Å². The molecule has 0 aliphatic heterocycles. The number of thiophene rings is 1. The molecule has 0 bridgehead atoms. The van der Waals surface area contributed by atoms with E-state index < -0.39 is 0 Å². The number of aryl methyl sites for hydroxylation is 1. The molecule has 1 aromatic heterocycles. The molecule has 6 heteroatoms. The predicted molar refractivity (Wildman–Crippen MR) is 116 cm³/mol. The number of carbonyl (C=O) groups is 2. The van der Waals surface area contributed by atoms with E-state index in [0.29, 0.717) is 11.3 Å². The quantitative estimate of drug-likeness (QED) is 0.579. The Morgan fingerprint density at radius 1 is 1.03 bits per heavy atom. The van der Waals surface area contributed by atoms with E-state index in [1.54, 1.807) is 25.3 Å². The van der Waals surface area contributed by atoms with Gasteiger partial charge in [-0.05, 0) is 42.1 Å². The molecule has 0 atom stereocenters. The fourth-order valence-corrected chi connectivity index (χ4v) is 3.47. The van der Waals surface area contributed by atoms with Crippen LogP contribution in [0.25, 0.3) is 6.08 Å². The molecule has 2 aromatic carbocycles. The molecule has 0 spiro atoms. The van der Waals surface area contributed by atoms with Gasteiger partial charge in [-0.1, -0.05) is 42.5 Å². The Morgan fingerprint density at radius 3 is 2.52 bits per heavy atom. The van der Waals surface area contributed by atoms with Crippen LogP contribution in [0.15, 0.2) is 71.7 Å². The highest BCUT2D eigenvalue weighted by Gasteiger charge is 2.16. The van der Waals surface area contributed by atoms with Crippen LogP contribution in [0.5, 0.6) is 5.75 Å². The van der Waals surface area contributed by atoms with Crippen molar-refractivity contribution in [3.63, 3.8) is 0 Å². The molecular weight excluding hydrogens is 384 g/mol. The molecule has 0 saturated heterocycles. The van der Waals surface area contributed by atoms with Crippen molar-refractivity contribution in [3.05, 3.63) is 93.3 Å². The molecule has 0 radical (unpaired) electrons. The summed E-state index contributed by atoms with van der Waals surface area (Å²) in [6, 6.07) is 18.5. The number of nitrogens with one attached hydrogen (secondary N) is 2. The maximum atomic E-state index is 12.9. The van der Waals surface area contributed by atoms with Crippen molar-refractivity contribution >= 4 is 29.2 Å². The summed E-state index contributed by atoms with van der Waals surface area (Å²) >= 11 is 1.49. The van der Waals surface area contributed by atoms with Crippen LogP contribution in [0.4, 0.5) is 0 Å². The Morgan fingerprint density at radius 2 is 1.79 bits per heavy atom. The summed E-state index contributed by atoms with van der Waals surface area (Å²) < 4.78 is 5.32. The number of carbonyl (C=O) groups excluding carboxylic acids is 2. The molecule has 2 amide bonds. The number of rotatable bonds is 7. The summed E-state index contributed by atoms with van der Waals surface area (Å²) in [6.45, 7) is 2.14. The minimum absolute atomic E-state index is 0.190. The van der Waals surface area contributed by atoms with Crippen LogP contribution in [0.1, 0.15) is 26.4 Å². The van der Waals surface area contributed by atoms with E-state index >= 15 is 0 Å². The van der Waals surface area contributed by atoms with Gasteiger partial charge >= 0.3 is 0 Å². The number of benzene rings is 2. The average molecular weight is 407 g/mol. The van der Waals surface area contributed by atoms with Crippen molar-refractivity contribution in [3.8, 4) is 5.75 Å². The van der Waals surface area contributed by atoms with Crippen LogP contribution >= 0.6 is 11.3 Å². The third-order valence-electron chi connectivity index (χ3n) is 4.34. The standard InChI is InChI=1S/C23H22N2O3S/c1-16-8-3-5-11-19(16)22(26)25-20(14-18-10-7-13-29-18)23(27)24-15-17-9-4-6-12-21(17)28-2/h3-14H,15H2,1-2H3,(H,24,27)(H,25,26)/b20-14-. The maximum absolute atomic E-state index is 12.9. The van der Waals surface area contributed by atoms with Crippen LogP contribution in [-0.4, -0.2) is 18.9 Å². The highest BCUT2D eigenvalue weighted by Crippen LogP contribution is 2.18. The Balaban J connectivity index is 1.79. The summed E-state index contributed by atoms with van der Waals surface area (Å²) in [6.07, 6.45) is 1.68. The number of methoxy groups -OCH3 is 1. The summed E-state index contributed by atoms with van der Waals surface area (Å²) in [5, 5.41) is 7.54. The van der Waals surface area contributed by atoms with Gasteiger partial charge in [-0.15, -0.1) is 11.3 Å². The first-order chi connectivity index (χ1) is 14.1. The van der Waals surface area contributed by atoms with Gasteiger partial charge in [0.2, 0.25) is 0 Å². The van der Waals surface area contributed by atoms with E-state index in [1.165, 1.54) is 11.3 Å². The Hall–Kier alpha value is -3.38. The van der Waals surface area contributed by atoms with Gasteiger partial charge in [0.15, 0.2) is 0 Å². The SMILES string of the molecule is COc1ccccc1CNC(=O)/C(=C/c1cccs1)NC(=O)c1ccccc1C. The normalized spacial score (nSPS) is 11.0. The van der Waals surface area contributed by atoms with Crippen LogP contribution in [0.2, 0.25) is 0 Å². The molecule has 0 unspecified atom stereocenters. The largest absolute Gasteiger partial charge is 0.496 e. The van der Waals surface area contributed by atoms with Gasteiger partial charge in [-0.2, -0.15) is 0 Å². The summed E-state index contributed by atoms with van der Waals surface area (Å²) in [5.41, 5.74) is 2.41. The lowest BCUT2D eigenvalue weighted by Crippen LogP contribution is -2.34. The van der Waals surface area contributed by atoms with Crippen molar-refractivity contribution in [2.24, 2.45) is 0 Å². The number of hydrogen-bond acceptors (Lipinski definition) is 4. The molecular formula is C23H22N2O3S. The molecule has 0 aliphatic rings. The number of amides is 2. The Bertz CT molecular complexity index is 1030. The molecule has 148 valence electrons. The lowest BCUT2D eigenvalue weighted by Gasteiger charge is -2.13. The highest BCUT2D eigenvalue weighted by molar-refractivity contribution is 7.10. The van der Waals surface area contributed by atoms with Crippen LogP contribution in [0.3, 0.4) is 0 Å². The molecule has 0 saturated carbocycles. The molecule has 5 nitrogen and oxygen atoms in total. The second-order valence-electron chi connectivity index (χ2n) is 6.34. The van der Waals surface area contributed by atoms with Gasteiger partial charge in [0.1, 0.15) is 11.4 Å². The lowest BCUT2D eigenvalue weighted by molar-refractivity contribution is -0.117. The molecule has 2 N–H and O–H groups in total. The van der Waals surface area contributed by atoms with Crippen LogP contribution in [0, 0.1) is 6.92 Å². The molecule has 0 fully saturated rings. The lowest BCUT2D eigenvalue weighted by atomic mass is 10.1. The van der Waals surface area contributed by atoms with Crippen molar-refractivity contribution in [1.82, 2.24) is 10.6 Å². The summed E-state index contributed by atoms with van der Waals surface area (Å²) in [7, 11) is 1.59. The van der Waals surface area contributed by atoms with Gasteiger partial charge in [0, 0.05) is 22.5 Å². The van der Waals surface area contributed by atoms with Crippen molar-refractivity contribution in [2.45, 2.75) is 13.5 Å². The monoisotopic (exact) mass is 406 g/mol. The first-order valence-corrected chi connectivity index (χ1v) is 9.98. The first kappa shape index (κ1) is 20.4. The third kappa shape index (κ3) is 5.33. The zero-order valence-electron chi connectivity index (χ0n) is 16.3. The molecule has 29 heavy (non-hydrogen) atoms. The second kappa shape index (κ2) is 9.71. The fraction of sp³-hybridized carbons (Fsp3) is 0.130. The van der Waals surface area contributed by atoms with E-state index in [0.717, 1.165) is 16.0 Å². The van der Waals surface area contributed by atoms with Gasteiger partial charge in [-0.3, -0.25) is 9.59 Å². The third-order valence-corrected chi connectivity index (χ3v) is 5.16. The van der Waals surface area contributed by atoms with E-state index in [1.807, 2.05) is 60.8 Å². The fourth-order valence-electron chi connectivity index (χ4n) is 2.81. The highest BCUT2D eigenvalue weighted by atomic mass is 32.1. The summed E-state index contributed by atoms with van der Waals surface area (Å²) in [5.74, 6) is 0.00474. The summed E-state index contributed by atoms with van der Waals surface area (Å²) in [4.78, 5) is 26.5. The van der Waals surface area contributed by atoms with E-state index in [4.69, 9.17) is 4.74 Å². The number of para-hydroxylation sites is 1. The number of hydrogen-bond donors (Lipinski definition) is 2. The Kier molecular flexibility index (Phi) is 6.81. The van der Waals surface area contributed by atoms with Crippen molar-refractivity contribution in [1.29, 1.82) is 0 Å². The zero-order valence-corrected chi connectivity index (χ0v) is 17.1. The van der Waals surface area contributed by atoms with Crippen LogP contribution in [-0.2, 0) is 11.3 Å². The number of ether oxygens (including phenoxy) is 1. The topological polar surface area (TPSA) is 67.4 Å². The van der Waals surface area contributed by atoms with Crippen LogP contribution < -0.4 is 15.4 Å². The maximum Gasteiger partial charge on any atom is 0.268 e.